The van der Waals surface area contributed by atoms with Gasteiger partial charge in [-0.15, -0.1) is 0 Å². The van der Waals surface area contributed by atoms with Crippen molar-refractivity contribution in [3.8, 4) is 0 Å². The molecular formula is C11H21NO4S. The summed E-state index contributed by atoms with van der Waals surface area (Å²) in [5.41, 5.74) is 4.86. The maximum absolute atomic E-state index is 11.9. The van der Waals surface area contributed by atoms with Crippen molar-refractivity contribution in [2.24, 2.45) is 5.73 Å². The quantitative estimate of drug-likeness (QED) is 0.734. The molecule has 0 aliphatic carbocycles. The van der Waals surface area contributed by atoms with Crippen LogP contribution in [0.15, 0.2) is 0 Å². The largest absolute Gasteiger partial charge is 0.388 e. The Morgan fingerprint density at radius 3 is 2.41 bits per heavy atom. The molecule has 2 aliphatic rings. The van der Waals surface area contributed by atoms with Gasteiger partial charge in [0.05, 0.1) is 28.7 Å². The van der Waals surface area contributed by atoms with Crippen molar-refractivity contribution in [2.75, 3.05) is 13.2 Å². The summed E-state index contributed by atoms with van der Waals surface area (Å²) in [6.45, 7) is 2.70. The molecule has 0 amide bonds. The lowest BCUT2D eigenvalue weighted by molar-refractivity contribution is -0.0309. The van der Waals surface area contributed by atoms with Crippen LogP contribution in [0.2, 0.25) is 0 Å². The first-order valence-corrected chi connectivity index (χ1v) is 7.79. The Morgan fingerprint density at radius 2 is 1.94 bits per heavy atom. The number of sulfone groups is 1. The van der Waals surface area contributed by atoms with E-state index < -0.39 is 32.0 Å². The molecule has 2 saturated heterocycles. The number of fused-ring (bicyclic) bond motifs is 2. The Hall–Kier alpha value is -0.170. The fraction of sp³-hybridized carbons (Fsp3) is 1.00. The summed E-state index contributed by atoms with van der Waals surface area (Å²) < 4.78 is 29.1. The van der Waals surface area contributed by atoms with Crippen LogP contribution in [0.5, 0.6) is 0 Å². The molecule has 3 unspecified atom stereocenters. The summed E-state index contributed by atoms with van der Waals surface area (Å²) in [6, 6.07) is -0.499. The van der Waals surface area contributed by atoms with E-state index in [4.69, 9.17) is 10.5 Å². The van der Waals surface area contributed by atoms with Crippen molar-refractivity contribution in [2.45, 2.75) is 54.7 Å². The van der Waals surface area contributed by atoms with Crippen molar-refractivity contribution in [1.82, 2.24) is 0 Å². The lowest BCUT2D eigenvalue weighted by Crippen LogP contribution is -2.57. The molecule has 3 atom stereocenters. The van der Waals surface area contributed by atoms with Gasteiger partial charge < -0.3 is 15.6 Å². The summed E-state index contributed by atoms with van der Waals surface area (Å²) in [5.74, 6) is 0. The van der Waals surface area contributed by atoms with E-state index in [0.717, 1.165) is 0 Å². The molecule has 3 N–H and O–H groups in total. The van der Waals surface area contributed by atoms with Crippen molar-refractivity contribution in [1.29, 1.82) is 0 Å². The Balaban J connectivity index is 2.10. The minimum atomic E-state index is -3.01. The molecule has 0 spiro atoms. The van der Waals surface area contributed by atoms with E-state index in [1.807, 2.05) is 6.92 Å². The zero-order chi connectivity index (χ0) is 12.7. The highest BCUT2D eigenvalue weighted by Crippen LogP contribution is 2.44. The van der Waals surface area contributed by atoms with E-state index >= 15 is 0 Å². The molecule has 0 aromatic rings. The molecule has 0 saturated carbocycles. The zero-order valence-electron chi connectivity index (χ0n) is 10.1. The van der Waals surface area contributed by atoms with Gasteiger partial charge in [-0.2, -0.15) is 0 Å². The van der Waals surface area contributed by atoms with Crippen molar-refractivity contribution >= 4 is 9.84 Å². The van der Waals surface area contributed by atoms with E-state index in [-0.39, 0.29) is 19.4 Å². The van der Waals surface area contributed by atoms with Crippen LogP contribution in [-0.4, -0.2) is 48.9 Å². The van der Waals surface area contributed by atoms with Crippen molar-refractivity contribution in [3.05, 3.63) is 0 Å². The summed E-state index contributed by atoms with van der Waals surface area (Å²) in [4.78, 5) is 0. The summed E-state index contributed by atoms with van der Waals surface area (Å²) in [6.07, 6.45) is 1.85. The van der Waals surface area contributed by atoms with Gasteiger partial charge in [0.1, 0.15) is 0 Å². The van der Waals surface area contributed by atoms with E-state index in [1.165, 1.54) is 0 Å². The molecule has 6 heteroatoms. The normalized spacial score (nSPS) is 41.4. The van der Waals surface area contributed by atoms with Gasteiger partial charge in [-0.25, -0.2) is 8.42 Å². The average molecular weight is 263 g/mol. The van der Waals surface area contributed by atoms with Gasteiger partial charge in [-0.1, -0.05) is 0 Å². The van der Waals surface area contributed by atoms with E-state index in [2.05, 4.69) is 0 Å². The summed E-state index contributed by atoms with van der Waals surface area (Å²) in [7, 11) is -3.01. The van der Waals surface area contributed by atoms with Gasteiger partial charge in [0.15, 0.2) is 9.84 Å². The fourth-order valence-electron chi connectivity index (χ4n) is 2.98. The summed E-state index contributed by atoms with van der Waals surface area (Å²) in [5, 5.41) is 9.70. The second-order valence-electron chi connectivity index (χ2n) is 5.19. The van der Waals surface area contributed by atoms with E-state index in [9.17, 15) is 13.5 Å². The summed E-state index contributed by atoms with van der Waals surface area (Å²) >= 11 is 0. The molecule has 2 rings (SSSR count). The Kier molecular flexibility index (Phi) is 3.51. The predicted molar refractivity (Wildman–Crippen MR) is 64.4 cm³/mol. The number of ether oxygens (including phenoxy) is 1. The second kappa shape index (κ2) is 4.50. The first-order valence-electron chi connectivity index (χ1n) is 6.18. The van der Waals surface area contributed by atoms with Crippen molar-refractivity contribution < 1.29 is 18.3 Å². The predicted octanol–water partition coefficient (Wildman–Crippen LogP) is -0.179. The number of rotatable bonds is 4. The van der Waals surface area contributed by atoms with Crippen molar-refractivity contribution in [3.63, 3.8) is 0 Å². The first-order chi connectivity index (χ1) is 7.90. The van der Waals surface area contributed by atoms with Crippen LogP contribution in [0.4, 0.5) is 0 Å². The van der Waals surface area contributed by atoms with Crippen LogP contribution in [0.3, 0.4) is 0 Å². The maximum Gasteiger partial charge on any atom is 0.156 e. The molecular weight excluding hydrogens is 242 g/mol. The van der Waals surface area contributed by atoms with Gasteiger partial charge in [0.2, 0.25) is 0 Å². The lowest BCUT2D eigenvalue weighted by Gasteiger charge is -2.40. The van der Waals surface area contributed by atoms with Gasteiger partial charge in [-0.05, 0) is 32.6 Å². The molecule has 0 aromatic heterocycles. The SMILES string of the molecule is CCOCC(N)C1(O)CC2CCC(C1)S2(=O)=O. The zero-order valence-corrected chi connectivity index (χ0v) is 10.9. The van der Waals surface area contributed by atoms with E-state index in [1.54, 1.807) is 0 Å². The van der Waals surface area contributed by atoms with Crippen LogP contribution >= 0.6 is 0 Å². The second-order valence-corrected chi connectivity index (χ2v) is 7.70. The van der Waals surface area contributed by atoms with Gasteiger partial charge in [-0.3, -0.25) is 0 Å². The standard InChI is InChI=1S/C11H21NO4S/c1-2-16-7-10(12)11(13)5-8-3-4-9(6-11)17(8,14)15/h8-10,13H,2-7,12H2,1H3. The first kappa shape index (κ1) is 13.3. The van der Waals surface area contributed by atoms with Crippen LogP contribution in [0.1, 0.15) is 32.6 Å². The molecule has 5 nitrogen and oxygen atoms in total. The Morgan fingerprint density at radius 1 is 1.41 bits per heavy atom. The van der Waals surface area contributed by atoms with E-state index in [0.29, 0.717) is 19.4 Å². The highest BCUT2D eigenvalue weighted by molar-refractivity contribution is 7.93. The monoisotopic (exact) mass is 263 g/mol. The molecule has 0 aromatic carbocycles. The van der Waals surface area contributed by atoms with Gasteiger partial charge in [0.25, 0.3) is 0 Å². The number of hydrogen-bond donors (Lipinski definition) is 2. The molecule has 0 radical (unpaired) electrons. The Labute approximate surface area is 102 Å². The smallest absolute Gasteiger partial charge is 0.156 e. The molecule has 17 heavy (non-hydrogen) atoms. The van der Waals surface area contributed by atoms with Gasteiger partial charge >= 0.3 is 0 Å². The Bertz CT molecular complexity index is 361. The molecule has 2 heterocycles. The highest BCUT2D eigenvalue weighted by atomic mass is 32.2. The molecule has 2 aliphatic heterocycles. The van der Waals surface area contributed by atoms with Crippen LogP contribution in [-0.2, 0) is 14.6 Å². The third-order valence-electron chi connectivity index (χ3n) is 4.09. The lowest BCUT2D eigenvalue weighted by atomic mass is 9.86. The minimum Gasteiger partial charge on any atom is -0.388 e. The number of hydrogen-bond acceptors (Lipinski definition) is 5. The number of aliphatic hydroxyl groups is 1. The van der Waals surface area contributed by atoms with Crippen LogP contribution in [0, 0.1) is 0 Å². The highest BCUT2D eigenvalue weighted by Gasteiger charge is 2.54. The minimum absolute atomic E-state index is 0.264. The van der Waals surface area contributed by atoms with Gasteiger partial charge in [0, 0.05) is 6.61 Å². The average Bonchev–Trinajstić information content (AvgIpc) is 2.47. The molecule has 100 valence electrons. The number of nitrogens with two attached hydrogens (primary N) is 1. The van der Waals surface area contributed by atoms with Crippen LogP contribution < -0.4 is 5.73 Å². The third kappa shape index (κ3) is 2.23. The van der Waals surface area contributed by atoms with Crippen LogP contribution in [0.25, 0.3) is 0 Å². The molecule has 2 fully saturated rings. The third-order valence-corrected chi connectivity index (χ3v) is 6.76. The maximum atomic E-state index is 11.9. The fourth-order valence-corrected chi connectivity index (χ4v) is 5.50. The topological polar surface area (TPSA) is 89.6 Å². The molecule has 2 bridgehead atoms.